The Balaban J connectivity index is 1.55. The van der Waals surface area contributed by atoms with Crippen LogP contribution in [0.3, 0.4) is 0 Å². The monoisotopic (exact) mass is 296 g/mol. The number of ether oxygens (including phenoxy) is 1. The van der Waals surface area contributed by atoms with Gasteiger partial charge in [0.15, 0.2) is 0 Å². The van der Waals surface area contributed by atoms with Crippen LogP contribution in [0, 0.1) is 0 Å². The minimum atomic E-state index is -0.0595. The molecule has 1 fully saturated rings. The number of aromatic amines is 1. The van der Waals surface area contributed by atoms with Crippen molar-refractivity contribution in [3.05, 3.63) is 42.1 Å². The number of para-hydroxylation sites is 1. The molecule has 2 aromatic rings. The summed E-state index contributed by atoms with van der Waals surface area (Å²) >= 11 is 0. The van der Waals surface area contributed by atoms with Crippen molar-refractivity contribution in [2.45, 2.75) is 31.9 Å². The highest BCUT2D eigenvalue weighted by molar-refractivity contribution is 5.92. The Bertz CT molecular complexity index is 746. The van der Waals surface area contributed by atoms with Gasteiger partial charge in [0.05, 0.1) is 0 Å². The average Bonchev–Trinajstić information content (AvgIpc) is 3.10. The van der Waals surface area contributed by atoms with Gasteiger partial charge in [-0.2, -0.15) is 0 Å². The number of hydrogen-bond donors (Lipinski definition) is 1. The molecule has 22 heavy (non-hydrogen) atoms. The quantitative estimate of drug-likeness (QED) is 0.867. The van der Waals surface area contributed by atoms with Crippen molar-refractivity contribution in [2.75, 3.05) is 13.1 Å². The minimum Gasteiger partial charge on any atom is -0.461 e. The normalized spacial score (nSPS) is 26.2. The lowest BCUT2D eigenvalue weighted by Crippen LogP contribution is -2.41. The Labute approximate surface area is 129 Å². The van der Waals surface area contributed by atoms with E-state index in [1.54, 1.807) is 0 Å². The summed E-state index contributed by atoms with van der Waals surface area (Å²) < 4.78 is 5.28. The lowest BCUT2D eigenvalue weighted by atomic mass is 9.97. The van der Waals surface area contributed by atoms with E-state index in [0.717, 1.165) is 25.9 Å². The van der Waals surface area contributed by atoms with E-state index >= 15 is 0 Å². The number of hydrogen-bond acceptors (Lipinski definition) is 3. The van der Waals surface area contributed by atoms with Gasteiger partial charge in [0.1, 0.15) is 12.1 Å². The summed E-state index contributed by atoms with van der Waals surface area (Å²) in [4.78, 5) is 17.5. The number of carbonyl (C=O) groups is 1. The second-order valence-electron chi connectivity index (χ2n) is 6.22. The van der Waals surface area contributed by atoms with Crippen LogP contribution in [0.2, 0.25) is 0 Å². The fraction of sp³-hybridized carbons (Fsp3) is 0.389. The molecule has 0 aliphatic carbocycles. The molecule has 4 heteroatoms. The molecule has 4 nitrogen and oxygen atoms in total. The van der Waals surface area contributed by atoms with Crippen LogP contribution in [0.1, 0.15) is 25.3 Å². The number of aromatic nitrogens is 1. The van der Waals surface area contributed by atoms with Crippen LogP contribution in [0.25, 0.3) is 16.5 Å². The first-order chi connectivity index (χ1) is 10.7. The Morgan fingerprint density at radius 1 is 1.32 bits per heavy atom. The van der Waals surface area contributed by atoms with Gasteiger partial charge in [0.25, 0.3) is 0 Å². The summed E-state index contributed by atoms with van der Waals surface area (Å²) in [5, 5.41) is 1.27. The third-order valence-corrected chi connectivity index (χ3v) is 4.76. The molecule has 1 N–H and O–H groups in total. The topological polar surface area (TPSA) is 45.3 Å². The van der Waals surface area contributed by atoms with E-state index < -0.39 is 0 Å². The molecule has 2 atom stereocenters. The molecule has 4 rings (SSSR count). The molecule has 114 valence electrons. The zero-order valence-electron chi connectivity index (χ0n) is 12.7. The van der Waals surface area contributed by atoms with Crippen molar-refractivity contribution in [2.24, 2.45) is 0 Å². The molecule has 0 unspecified atom stereocenters. The number of fused-ring (bicyclic) bond motifs is 1. The highest BCUT2D eigenvalue weighted by atomic mass is 16.6. The number of carbonyl (C=O) groups excluding carboxylic acids is 1. The van der Waals surface area contributed by atoms with Gasteiger partial charge in [-0.3, -0.25) is 9.69 Å². The maximum Gasteiger partial charge on any atom is 0.323 e. The number of cyclic esters (lactones) is 1. The predicted molar refractivity (Wildman–Crippen MR) is 86.4 cm³/mol. The van der Waals surface area contributed by atoms with Crippen LogP contribution >= 0.6 is 0 Å². The van der Waals surface area contributed by atoms with Crippen LogP contribution in [0.5, 0.6) is 0 Å². The summed E-state index contributed by atoms with van der Waals surface area (Å²) in [6.45, 7) is 3.70. The molecular weight excluding hydrogens is 276 g/mol. The standard InChI is InChI=1S/C18H20N2O2/c1-12-10-17(18(21)22-12)20-8-6-13(7-9-20)15-11-19-16-5-3-2-4-14(15)16/h2-6,11-12,17,19H,7-10H2,1H3/t12-,17-/m1/s1. The van der Waals surface area contributed by atoms with Crippen LogP contribution in [0.4, 0.5) is 0 Å². The van der Waals surface area contributed by atoms with Gasteiger partial charge >= 0.3 is 5.97 Å². The van der Waals surface area contributed by atoms with E-state index in [-0.39, 0.29) is 18.1 Å². The molecule has 1 aromatic carbocycles. The third kappa shape index (κ3) is 2.24. The number of rotatable bonds is 2. The molecule has 0 radical (unpaired) electrons. The molecule has 0 bridgehead atoms. The maximum atomic E-state index is 11.9. The summed E-state index contributed by atoms with van der Waals surface area (Å²) in [7, 11) is 0. The highest BCUT2D eigenvalue weighted by Gasteiger charge is 2.36. The highest BCUT2D eigenvalue weighted by Crippen LogP contribution is 2.31. The van der Waals surface area contributed by atoms with Gasteiger partial charge in [0.2, 0.25) is 0 Å². The molecule has 1 saturated heterocycles. The fourth-order valence-electron chi connectivity index (χ4n) is 3.58. The van der Waals surface area contributed by atoms with Crippen molar-refractivity contribution in [1.82, 2.24) is 9.88 Å². The van der Waals surface area contributed by atoms with Gasteiger partial charge < -0.3 is 9.72 Å². The molecule has 0 saturated carbocycles. The zero-order valence-corrected chi connectivity index (χ0v) is 12.7. The Kier molecular flexibility index (Phi) is 3.26. The lowest BCUT2D eigenvalue weighted by Gasteiger charge is -2.29. The molecule has 0 amide bonds. The van der Waals surface area contributed by atoms with Gasteiger partial charge in [-0.1, -0.05) is 24.3 Å². The van der Waals surface area contributed by atoms with Crippen LogP contribution < -0.4 is 0 Å². The van der Waals surface area contributed by atoms with Crippen LogP contribution in [-0.4, -0.2) is 41.1 Å². The van der Waals surface area contributed by atoms with Gasteiger partial charge in [-0.15, -0.1) is 0 Å². The number of nitrogens with one attached hydrogen (secondary N) is 1. The smallest absolute Gasteiger partial charge is 0.323 e. The Morgan fingerprint density at radius 3 is 2.91 bits per heavy atom. The van der Waals surface area contributed by atoms with Crippen molar-refractivity contribution >= 4 is 22.4 Å². The Morgan fingerprint density at radius 2 is 2.18 bits per heavy atom. The summed E-state index contributed by atoms with van der Waals surface area (Å²) in [6, 6.07) is 8.32. The molecule has 1 aromatic heterocycles. The van der Waals surface area contributed by atoms with E-state index in [4.69, 9.17) is 4.74 Å². The number of benzene rings is 1. The van der Waals surface area contributed by atoms with E-state index in [9.17, 15) is 4.79 Å². The summed E-state index contributed by atoms with van der Waals surface area (Å²) in [6.07, 6.45) is 6.19. The van der Waals surface area contributed by atoms with Crippen molar-refractivity contribution in [3.63, 3.8) is 0 Å². The largest absolute Gasteiger partial charge is 0.461 e. The molecule has 3 heterocycles. The lowest BCUT2D eigenvalue weighted by molar-refractivity contribution is -0.144. The molecule has 0 spiro atoms. The second kappa shape index (κ2) is 5.29. The number of esters is 1. The van der Waals surface area contributed by atoms with Crippen LogP contribution in [0.15, 0.2) is 36.5 Å². The van der Waals surface area contributed by atoms with Crippen molar-refractivity contribution < 1.29 is 9.53 Å². The second-order valence-corrected chi connectivity index (χ2v) is 6.22. The molecule has 2 aliphatic heterocycles. The van der Waals surface area contributed by atoms with E-state index in [1.807, 2.05) is 13.0 Å². The van der Waals surface area contributed by atoms with E-state index in [0.29, 0.717) is 0 Å². The SMILES string of the molecule is C[C@@H]1C[C@@H](N2CC=C(c3c[nH]c4ccccc34)CC2)C(=O)O1. The van der Waals surface area contributed by atoms with Gasteiger partial charge in [-0.05, 0) is 25.0 Å². The summed E-state index contributed by atoms with van der Waals surface area (Å²) in [5.41, 5.74) is 3.83. The molecular formula is C18H20N2O2. The first-order valence-electron chi connectivity index (χ1n) is 7.92. The predicted octanol–water partition coefficient (Wildman–Crippen LogP) is 2.96. The number of H-pyrrole nitrogens is 1. The first kappa shape index (κ1) is 13.6. The average molecular weight is 296 g/mol. The molecule has 2 aliphatic rings. The van der Waals surface area contributed by atoms with Crippen molar-refractivity contribution in [3.8, 4) is 0 Å². The number of nitrogens with zero attached hydrogens (tertiary/aromatic N) is 1. The van der Waals surface area contributed by atoms with Gasteiger partial charge in [0, 0.05) is 42.2 Å². The fourth-order valence-corrected chi connectivity index (χ4v) is 3.58. The zero-order chi connectivity index (χ0) is 15.1. The Hall–Kier alpha value is -2.07. The minimum absolute atomic E-state index is 0.0523. The maximum absolute atomic E-state index is 11.9. The van der Waals surface area contributed by atoms with E-state index in [2.05, 4.69) is 40.4 Å². The third-order valence-electron chi connectivity index (χ3n) is 4.76. The summed E-state index contributed by atoms with van der Waals surface area (Å²) in [5.74, 6) is -0.0588. The van der Waals surface area contributed by atoms with Crippen LogP contribution in [-0.2, 0) is 9.53 Å². The first-order valence-corrected chi connectivity index (χ1v) is 7.92. The van der Waals surface area contributed by atoms with Gasteiger partial charge in [-0.25, -0.2) is 0 Å². The van der Waals surface area contributed by atoms with E-state index in [1.165, 1.54) is 22.0 Å². The van der Waals surface area contributed by atoms with Crippen molar-refractivity contribution in [1.29, 1.82) is 0 Å².